The second kappa shape index (κ2) is 9.13. The number of benzene rings is 1. The lowest BCUT2D eigenvalue weighted by Gasteiger charge is -2.07. The van der Waals surface area contributed by atoms with E-state index in [1.54, 1.807) is 19.9 Å². The molecular weight excluding hydrogens is 306 g/mol. The number of carbonyl (C=O) groups is 2. The lowest BCUT2D eigenvalue weighted by molar-refractivity contribution is -0.384. The average molecular weight is 323 g/mol. The number of nitrogens with zero attached hydrogens (tertiary/aromatic N) is 2. The summed E-state index contributed by atoms with van der Waals surface area (Å²) in [5, 5.41) is 14.7. The maximum atomic E-state index is 11.8. The molecule has 0 saturated heterocycles. The largest absolute Gasteiger partial charge is 0.466 e. The van der Waals surface area contributed by atoms with Gasteiger partial charge in [-0.3, -0.25) is 20.3 Å². The molecule has 0 bridgehead atoms. The molecular formula is C14H17N3O6. The fourth-order valence-corrected chi connectivity index (χ4v) is 1.58. The number of nitrogens with one attached hydrogen (secondary N) is 1. The third kappa shape index (κ3) is 5.73. The maximum Gasteiger partial charge on any atom is 0.355 e. The third-order valence-corrected chi connectivity index (χ3v) is 2.54. The van der Waals surface area contributed by atoms with E-state index in [1.165, 1.54) is 18.2 Å². The molecule has 0 aliphatic heterocycles. The van der Waals surface area contributed by atoms with E-state index in [2.05, 4.69) is 10.5 Å². The van der Waals surface area contributed by atoms with Crippen molar-refractivity contribution in [3.63, 3.8) is 0 Å². The van der Waals surface area contributed by atoms with E-state index in [0.717, 1.165) is 0 Å². The zero-order valence-corrected chi connectivity index (χ0v) is 12.8. The number of anilines is 1. The Bertz CT molecular complexity index is 614. The van der Waals surface area contributed by atoms with Crippen LogP contribution < -0.4 is 5.43 Å². The van der Waals surface area contributed by atoms with Crippen molar-refractivity contribution >= 4 is 29.0 Å². The topological polar surface area (TPSA) is 120 Å². The molecule has 0 radical (unpaired) electrons. The molecule has 0 atom stereocenters. The predicted molar refractivity (Wildman–Crippen MR) is 82.0 cm³/mol. The molecule has 1 aromatic carbocycles. The van der Waals surface area contributed by atoms with Crippen LogP contribution in [0, 0.1) is 10.1 Å². The zero-order chi connectivity index (χ0) is 17.2. The van der Waals surface area contributed by atoms with Gasteiger partial charge in [0.1, 0.15) is 5.69 Å². The summed E-state index contributed by atoms with van der Waals surface area (Å²) in [6.45, 7) is 3.50. The number of carbonyl (C=O) groups excluding carboxylic acids is 2. The van der Waals surface area contributed by atoms with E-state index in [9.17, 15) is 19.7 Å². The van der Waals surface area contributed by atoms with Gasteiger partial charge in [-0.15, -0.1) is 0 Å². The average Bonchev–Trinajstić information content (AvgIpc) is 2.52. The minimum absolute atomic E-state index is 0.0863. The fraction of sp³-hybridized carbons (Fsp3) is 0.357. The van der Waals surface area contributed by atoms with Crippen LogP contribution in [0.3, 0.4) is 0 Å². The molecule has 0 aliphatic carbocycles. The van der Waals surface area contributed by atoms with Gasteiger partial charge in [0.15, 0.2) is 5.71 Å². The van der Waals surface area contributed by atoms with Crippen molar-refractivity contribution in [2.75, 3.05) is 18.6 Å². The molecule has 1 rings (SSSR count). The molecule has 9 nitrogen and oxygen atoms in total. The lowest BCUT2D eigenvalue weighted by Crippen LogP contribution is -2.23. The molecule has 0 amide bonds. The predicted octanol–water partition coefficient (Wildman–Crippen LogP) is 1.88. The molecule has 0 fully saturated rings. The van der Waals surface area contributed by atoms with Gasteiger partial charge in [-0.1, -0.05) is 12.1 Å². The number of esters is 2. The smallest absolute Gasteiger partial charge is 0.355 e. The Kier molecular flexibility index (Phi) is 7.18. The molecule has 0 unspecified atom stereocenters. The van der Waals surface area contributed by atoms with Crippen molar-refractivity contribution in [2.45, 2.75) is 20.3 Å². The molecule has 0 saturated carbocycles. The summed E-state index contributed by atoms with van der Waals surface area (Å²) in [6, 6.07) is 5.78. The quantitative estimate of drug-likeness (QED) is 0.335. The van der Waals surface area contributed by atoms with Gasteiger partial charge >= 0.3 is 11.9 Å². The van der Waals surface area contributed by atoms with E-state index in [1.807, 2.05) is 0 Å². The monoisotopic (exact) mass is 323 g/mol. The SMILES string of the molecule is CCOC(=O)CC(=NNc1ccccc1[N+](=O)[O-])C(=O)OCC. The van der Waals surface area contributed by atoms with Crippen LogP contribution in [0.1, 0.15) is 20.3 Å². The van der Waals surface area contributed by atoms with E-state index < -0.39 is 23.3 Å². The van der Waals surface area contributed by atoms with E-state index >= 15 is 0 Å². The van der Waals surface area contributed by atoms with Gasteiger partial charge in [-0.05, 0) is 19.9 Å². The zero-order valence-electron chi connectivity index (χ0n) is 12.8. The van der Waals surface area contributed by atoms with E-state index in [0.29, 0.717) is 0 Å². The van der Waals surface area contributed by atoms with Crippen molar-refractivity contribution in [1.29, 1.82) is 0 Å². The summed E-state index contributed by atoms with van der Waals surface area (Å²) in [4.78, 5) is 33.6. The first-order valence-electron chi connectivity index (χ1n) is 6.88. The Balaban J connectivity index is 2.98. The van der Waals surface area contributed by atoms with Gasteiger partial charge in [0.05, 0.1) is 24.6 Å². The molecule has 9 heteroatoms. The highest BCUT2D eigenvalue weighted by Crippen LogP contribution is 2.23. The van der Waals surface area contributed by atoms with E-state index in [-0.39, 0.29) is 30.3 Å². The third-order valence-electron chi connectivity index (χ3n) is 2.54. The number of nitro groups is 1. The van der Waals surface area contributed by atoms with Crippen LogP contribution in [-0.4, -0.2) is 35.8 Å². The van der Waals surface area contributed by atoms with Crippen molar-refractivity contribution in [2.24, 2.45) is 5.10 Å². The summed E-state index contributed by atoms with van der Waals surface area (Å²) in [5.41, 5.74) is 2.06. The van der Waals surface area contributed by atoms with E-state index in [4.69, 9.17) is 9.47 Å². The molecule has 0 aliphatic rings. The molecule has 124 valence electrons. The first kappa shape index (κ1) is 18.1. The van der Waals surface area contributed by atoms with Gasteiger partial charge in [0.25, 0.3) is 5.69 Å². The van der Waals surface area contributed by atoms with Crippen LogP contribution in [-0.2, 0) is 19.1 Å². The molecule has 23 heavy (non-hydrogen) atoms. The van der Waals surface area contributed by atoms with Crippen molar-refractivity contribution in [3.8, 4) is 0 Å². The summed E-state index contributed by atoms with van der Waals surface area (Å²) >= 11 is 0. The highest BCUT2D eigenvalue weighted by Gasteiger charge is 2.19. The molecule has 1 aromatic rings. The van der Waals surface area contributed by atoms with Gasteiger partial charge in [0, 0.05) is 6.07 Å². The number of rotatable bonds is 8. The number of nitro benzene ring substituents is 1. The minimum atomic E-state index is -0.799. The van der Waals surface area contributed by atoms with Crippen LogP contribution in [0.4, 0.5) is 11.4 Å². The molecule has 0 heterocycles. The van der Waals surface area contributed by atoms with Crippen molar-refractivity contribution in [3.05, 3.63) is 34.4 Å². The normalized spacial score (nSPS) is 10.8. The minimum Gasteiger partial charge on any atom is -0.466 e. The summed E-state index contributed by atoms with van der Waals surface area (Å²) < 4.78 is 9.55. The Morgan fingerprint density at radius 1 is 1.22 bits per heavy atom. The highest BCUT2D eigenvalue weighted by atomic mass is 16.6. The van der Waals surface area contributed by atoms with Crippen molar-refractivity contribution in [1.82, 2.24) is 0 Å². The molecule has 0 spiro atoms. The van der Waals surface area contributed by atoms with Crippen molar-refractivity contribution < 1.29 is 24.0 Å². The molecule has 1 N–H and O–H groups in total. The fourth-order valence-electron chi connectivity index (χ4n) is 1.58. The highest BCUT2D eigenvalue weighted by molar-refractivity contribution is 6.39. The number of ether oxygens (including phenoxy) is 2. The molecule has 0 aromatic heterocycles. The van der Waals surface area contributed by atoms with Crippen LogP contribution in [0.5, 0.6) is 0 Å². The second-order valence-electron chi connectivity index (χ2n) is 4.15. The van der Waals surface area contributed by atoms with Crippen LogP contribution >= 0.6 is 0 Å². The Labute approximate surface area is 132 Å². The van der Waals surface area contributed by atoms with Gasteiger partial charge < -0.3 is 9.47 Å². The summed E-state index contributed by atoms with van der Waals surface area (Å²) in [5.74, 6) is -1.45. The van der Waals surface area contributed by atoms with Crippen LogP contribution in [0.25, 0.3) is 0 Å². The standard InChI is InChI=1S/C14H17N3O6/c1-3-22-13(18)9-11(14(19)23-4-2)16-15-10-7-5-6-8-12(10)17(20)21/h5-8,15H,3-4,9H2,1-2H3. The Morgan fingerprint density at radius 3 is 2.48 bits per heavy atom. The van der Waals surface area contributed by atoms with Gasteiger partial charge in [0.2, 0.25) is 0 Å². The van der Waals surface area contributed by atoms with Crippen LogP contribution in [0.15, 0.2) is 29.4 Å². The second-order valence-corrected chi connectivity index (χ2v) is 4.15. The summed E-state index contributed by atoms with van der Waals surface area (Å²) in [7, 11) is 0. The number of hydrogen-bond acceptors (Lipinski definition) is 8. The maximum absolute atomic E-state index is 11.8. The van der Waals surface area contributed by atoms with Gasteiger partial charge in [-0.25, -0.2) is 4.79 Å². The number of para-hydroxylation sites is 2. The first-order valence-corrected chi connectivity index (χ1v) is 6.88. The number of hydrazone groups is 1. The summed E-state index contributed by atoms with van der Waals surface area (Å²) in [6.07, 6.45) is -0.402. The Hall–Kier alpha value is -2.97. The Morgan fingerprint density at radius 2 is 1.87 bits per heavy atom. The lowest BCUT2D eigenvalue weighted by atomic mass is 10.2. The first-order chi connectivity index (χ1) is 11.0. The number of hydrogen-bond donors (Lipinski definition) is 1. The van der Waals surface area contributed by atoms with Crippen LogP contribution in [0.2, 0.25) is 0 Å². The van der Waals surface area contributed by atoms with Gasteiger partial charge in [-0.2, -0.15) is 5.10 Å².